The number of nitrogens with zero attached hydrogens (tertiary/aromatic N) is 2. The predicted octanol–water partition coefficient (Wildman–Crippen LogP) is 4.99. The number of benzene rings is 3. The molecule has 0 fully saturated rings. The van der Waals surface area contributed by atoms with E-state index in [-0.39, 0.29) is 29.1 Å². The number of halogens is 1. The SMILES string of the molecule is CCC(C)NC(=O)C(C)N(Cc1ccc(Br)cc1)C(=O)CN(c1ccccc1)S(=O)(=O)c1ccc(OC)c(OC)c1. The third-order valence-corrected chi connectivity index (χ3v) is 9.00. The van der Waals surface area contributed by atoms with Gasteiger partial charge in [0, 0.05) is 23.1 Å². The molecular weight excluding hydrogens is 610 g/mol. The Morgan fingerprint density at radius 2 is 1.56 bits per heavy atom. The molecule has 2 atom stereocenters. The van der Waals surface area contributed by atoms with Crippen LogP contribution >= 0.6 is 15.9 Å². The third-order valence-electron chi connectivity index (χ3n) is 6.70. The van der Waals surface area contributed by atoms with Gasteiger partial charge in [0.25, 0.3) is 10.0 Å². The number of anilines is 1. The summed E-state index contributed by atoms with van der Waals surface area (Å²) >= 11 is 3.41. The fourth-order valence-corrected chi connectivity index (χ4v) is 5.76. The van der Waals surface area contributed by atoms with E-state index in [1.54, 1.807) is 37.3 Å². The molecule has 0 radical (unpaired) electrons. The van der Waals surface area contributed by atoms with Crippen LogP contribution in [0.2, 0.25) is 0 Å². The zero-order chi connectivity index (χ0) is 30.2. The molecule has 11 heteroatoms. The van der Waals surface area contributed by atoms with E-state index >= 15 is 0 Å². The number of ether oxygens (including phenoxy) is 2. The van der Waals surface area contributed by atoms with E-state index in [2.05, 4.69) is 21.2 Å². The lowest BCUT2D eigenvalue weighted by molar-refractivity contribution is -0.139. The standard InChI is InChI=1S/C30H36BrN3O6S/c1-6-21(2)32-30(36)22(3)33(19-23-12-14-24(31)15-13-23)29(35)20-34(25-10-8-7-9-11-25)41(37,38)26-16-17-27(39-4)28(18-26)40-5/h7-18,21-22H,6,19-20H2,1-5H3,(H,32,36). The maximum absolute atomic E-state index is 14.0. The number of amides is 2. The second-order valence-corrected chi connectivity index (χ2v) is 12.3. The molecule has 3 rings (SSSR count). The third kappa shape index (κ3) is 8.01. The molecule has 2 amide bonds. The number of hydrogen-bond acceptors (Lipinski definition) is 6. The van der Waals surface area contributed by atoms with Crippen molar-refractivity contribution < 1.29 is 27.5 Å². The average Bonchev–Trinajstić information content (AvgIpc) is 2.98. The maximum Gasteiger partial charge on any atom is 0.264 e. The van der Waals surface area contributed by atoms with Crippen LogP contribution in [0.4, 0.5) is 5.69 Å². The quantitative estimate of drug-likeness (QED) is 0.281. The van der Waals surface area contributed by atoms with Gasteiger partial charge >= 0.3 is 0 Å². The van der Waals surface area contributed by atoms with Crippen LogP contribution in [0, 0.1) is 0 Å². The summed E-state index contributed by atoms with van der Waals surface area (Å²) < 4.78 is 40.5. The number of rotatable bonds is 13. The summed E-state index contributed by atoms with van der Waals surface area (Å²) in [5.41, 5.74) is 1.09. The lowest BCUT2D eigenvalue weighted by atomic mass is 10.1. The first-order valence-electron chi connectivity index (χ1n) is 13.2. The number of methoxy groups -OCH3 is 2. The lowest BCUT2D eigenvalue weighted by Gasteiger charge is -2.32. The zero-order valence-corrected chi connectivity index (χ0v) is 26.2. The molecule has 0 aliphatic heterocycles. The molecule has 220 valence electrons. The van der Waals surface area contributed by atoms with Crippen LogP contribution in [-0.4, -0.2) is 58.0 Å². The Labute approximate surface area is 250 Å². The van der Waals surface area contributed by atoms with Crippen LogP contribution in [0.25, 0.3) is 0 Å². The lowest BCUT2D eigenvalue weighted by Crippen LogP contribution is -2.52. The largest absolute Gasteiger partial charge is 0.493 e. The van der Waals surface area contributed by atoms with Gasteiger partial charge < -0.3 is 19.7 Å². The highest BCUT2D eigenvalue weighted by molar-refractivity contribution is 9.10. The molecule has 1 N–H and O–H groups in total. The van der Waals surface area contributed by atoms with E-state index in [1.165, 1.54) is 37.3 Å². The molecule has 0 bridgehead atoms. The van der Waals surface area contributed by atoms with Gasteiger partial charge in [-0.15, -0.1) is 0 Å². The van der Waals surface area contributed by atoms with Gasteiger partial charge in [0.15, 0.2) is 11.5 Å². The Hall–Kier alpha value is -3.57. The molecule has 0 saturated heterocycles. The van der Waals surface area contributed by atoms with Gasteiger partial charge in [0.05, 0.1) is 24.8 Å². The summed E-state index contributed by atoms with van der Waals surface area (Å²) in [6.45, 7) is 5.07. The highest BCUT2D eigenvalue weighted by Gasteiger charge is 2.33. The van der Waals surface area contributed by atoms with Crippen molar-refractivity contribution in [2.45, 2.75) is 50.7 Å². The Kier molecular flexibility index (Phi) is 11.2. The van der Waals surface area contributed by atoms with Crippen molar-refractivity contribution in [2.24, 2.45) is 0 Å². The van der Waals surface area contributed by atoms with E-state index in [0.717, 1.165) is 20.8 Å². The van der Waals surface area contributed by atoms with Crippen LogP contribution in [0.5, 0.6) is 11.5 Å². The molecule has 0 heterocycles. The van der Waals surface area contributed by atoms with E-state index in [1.807, 2.05) is 38.1 Å². The predicted molar refractivity (Wildman–Crippen MR) is 163 cm³/mol. The zero-order valence-electron chi connectivity index (χ0n) is 23.8. The van der Waals surface area contributed by atoms with Crippen LogP contribution < -0.4 is 19.1 Å². The highest BCUT2D eigenvalue weighted by atomic mass is 79.9. The van der Waals surface area contributed by atoms with Crippen LogP contribution in [0.3, 0.4) is 0 Å². The van der Waals surface area contributed by atoms with Crippen molar-refractivity contribution in [3.8, 4) is 11.5 Å². The van der Waals surface area contributed by atoms with E-state index in [0.29, 0.717) is 11.4 Å². The van der Waals surface area contributed by atoms with Crippen molar-refractivity contribution >= 4 is 43.5 Å². The van der Waals surface area contributed by atoms with E-state index < -0.39 is 28.5 Å². The molecule has 0 aliphatic carbocycles. The summed E-state index contributed by atoms with van der Waals surface area (Å²) in [4.78, 5) is 28.5. The van der Waals surface area contributed by atoms with Crippen LogP contribution in [0.15, 0.2) is 82.2 Å². The average molecular weight is 647 g/mol. The number of carbonyl (C=O) groups is 2. The summed E-state index contributed by atoms with van der Waals surface area (Å²) in [7, 11) is -1.37. The molecule has 0 saturated carbocycles. The minimum Gasteiger partial charge on any atom is -0.493 e. The minimum absolute atomic E-state index is 0.0752. The van der Waals surface area contributed by atoms with Gasteiger partial charge in [-0.2, -0.15) is 0 Å². The van der Waals surface area contributed by atoms with Gasteiger partial charge in [-0.25, -0.2) is 8.42 Å². The summed E-state index contributed by atoms with van der Waals surface area (Å²) in [6.07, 6.45) is 0.727. The van der Waals surface area contributed by atoms with Crippen molar-refractivity contribution in [2.75, 3.05) is 25.1 Å². The van der Waals surface area contributed by atoms with Crippen molar-refractivity contribution in [1.29, 1.82) is 0 Å². The van der Waals surface area contributed by atoms with Crippen molar-refractivity contribution in [3.05, 3.63) is 82.8 Å². The molecule has 0 aromatic heterocycles. The van der Waals surface area contributed by atoms with Crippen molar-refractivity contribution in [1.82, 2.24) is 10.2 Å². The number of carbonyl (C=O) groups excluding carboxylic acids is 2. The first-order chi connectivity index (χ1) is 19.5. The molecule has 3 aromatic rings. The first kappa shape index (κ1) is 32.0. The molecular formula is C30H36BrN3O6S. The second kappa shape index (κ2) is 14.4. The Balaban J connectivity index is 2.03. The van der Waals surface area contributed by atoms with E-state index in [4.69, 9.17) is 9.47 Å². The molecule has 0 aliphatic rings. The minimum atomic E-state index is -4.24. The second-order valence-electron chi connectivity index (χ2n) is 9.51. The van der Waals surface area contributed by atoms with Gasteiger partial charge in [0.1, 0.15) is 12.6 Å². The summed E-state index contributed by atoms with van der Waals surface area (Å²) in [5.74, 6) is -0.248. The Bertz CT molecular complexity index is 1430. The van der Waals surface area contributed by atoms with Crippen molar-refractivity contribution in [3.63, 3.8) is 0 Å². The van der Waals surface area contributed by atoms with Gasteiger partial charge in [-0.1, -0.05) is 53.2 Å². The molecule has 9 nitrogen and oxygen atoms in total. The normalized spacial score (nSPS) is 12.6. The number of sulfonamides is 1. The number of para-hydroxylation sites is 1. The van der Waals surface area contributed by atoms with Gasteiger partial charge in [0.2, 0.25) is 11.8 Å². The van der Waals surface area contributed by atoms with Crippen LogP contribution in [0.1, 0.15) is 32.8 Å². The maximum atomic E-state index is 14.0. The monoisotopic (exact) mass is 645 g/mol. The van der Waals surface area contributed by atoms with E-state index in [9.17, 15) is 18.0 Å². The smallest absolute Gasteiger partial charge is 0.264 e. The number of hydrogen-bond donors (Lipinski definition) is 1. The summed E-state index contributed by atoms with van der Waals surface area (Å²) in [6, 6.07) is 19.1. The molecule has 0 spiro atoms. The van der Waals surface area contributed by atoms with Gasteiger partial charge in [-0.05, 0) is 62.2 Å². The molecule has 3 aromatic carbocycles. The summed E-state index contributed by atoms with van der Waals surface area (Å²) in [5, 5.41) is 2.93. The topological polar surface area (TPSA) is 105 Å². The molecule has 2 unspecified atom stereocenters. The van der Waals surface area contributed by atoms with Gasteiger partial charge in [-0.3, -0.25) is 13.9 Å². The number of nitrogens with one attached hydrogen (secondary N) is 1. The molecule has 41 heavy (non-hydrogen) atoms. The highest BCUT2D eigenvalue weighted by Crippen LogP contribution is 2.32. The van der Waals surface area contributed by atoms with Crippen LogP contribution in [-0.2, 0) is 26.2 Å². The first-order valence-corrected chi connectivity index (χ1v) is 15.4. The Morgan fingerprint density at radius 1 is 0.927 bits per heavy atom. The fraction of sp³-hybridized carbons (Fsp3) is 0.333. The Morgan fingerprint density at radius 3 is 2.15 bits per heavy atom. The fourth-order valence-electron chi connectivity index (χ4n) is 4.06.